The molecule has 3 aromatic rings. The van der Waals surface area contributed by atoms with Crippen LogP contribution < -0.4 is 0 Å². The Balaban J connectivity index is 0.000000627. The molecule has 1 saturated carbocycles. The first-order valence-corrected chi connectivity index (χ1v) is 14.4. The van der Waals surface area contributed by atoms with Gasteiger partial charge in [0.2, 0.25) is 0 Å². The molecule has 0 aromatic heterocycles. The van der Waals surface area contributed by atoms with Crippen LogP contribution in [0.5, 0.6) is 0 Å². The van der Waals surface area contributed by atoms with Crippen molar-refractivity contribution in [2.75, 3.05) is 0 Å². The fraction of sp³-hybridized carbons (Fsp3) is 0.361. The number of carbonyl (C=O) groups excluding carboxylic acids is 1. The number of ketones is 1. The van der Waals surface area contributed by atoms with Crippen molar-refractivity contribution in [1.29, 1.82) is 0 Å². The Hall–Kier alpha value is -3.99. The minimum absolute atomic E-state index is 0.0255. The number of carbonyl (C=O) groups is 3. The zero-order chi connectivity index (χ0) is 31.0. The van der Waals surface area contributed by atoms with Gasteiger partial charge in [-0.2, -0.15) is 0 Å². The number of allylic oxidation sites excluding steroid dienone is 2. The van der Waals surface area contributed by atoms with Crippen molar-refractivity contribution in [3.05, 3.63) is 108 Å². The monoisotopic (exact) mass is 560 g/mol. The molecule has 0 saturated heterocycles. The lowest BCUT2D eigenvalue weighted by molar-refractivity contribution is -0.134. The van der Waals surface area contributed by atoms with Crippen LogP contribution in [0.15, 0.2) is 91.0 Å². The maximum Gasteiger partial charge on any atom is 0.300 e. The zero-order valence-electron chi connectivity index (χ0n) is 25.5. The molecule has 0 aliphatic heterocycles. The summed E-state index contributed by atoms with van der Waals surface area (Å²) in [6.07, 6.45) is 10.0. The summed E-state index contributed by atoms with van der Waals surface area (Å²) in [5, 5.41) is 14.3. The van der Waals surface area contributed by atoms with Crippen LogP contribution in [-0.4, -0.2) is 28.4 Å². The van der Waals surface area contributed by atoms with Crippen LogP contribution in [0.1, 0.15) is 82.4 Å². The molecule has 5 nitrogen and oxygen atoms in total. The summed E-state index contributed by atoms with van der Waals surface area (Å²) in [6.45, 7) is 11.1. The number of benzene rings is 3. The number of carboxylic acid groups (broad SMARTS) is 2. The maximum absolute atomic E-state index is 12.4. The van der Waals surface area contributed by atoms with Crippen molar-refractivity contribution < 1.29 is 24.6 Å². The Labute approximate surface area is 247 Å². The number of hydrogen-bond acceptors (Lipinski definition) is 3. The molecular weight excluding hydrogens is 512 g/mol. The largest absolute Gasteiger partial charge is 0.483 e. The van der Waals surface area contributed by atoms with Gasteiger partial charge in [-0.15, -0.1) is 0 Å². The van der Waals surface area contributed by atoms with Crippen molar-refractivity contribution in [3.63, 3.8) is 0 Å². The van der Waals surface area contributed by atoms with E-state index in [2.05, 4.69) is 93.6 Å². The molecule has 4 rings (SSSR count). The Kier molecular flexibility index (Phi) is 20.6. The van der Waals surface area contributed by atoms with Gasteiger partial charge in [0.15, 0.2) is 5.78 Å². The molecule has 3 aromatic carbocycles. The summed E-state index contributed by atoms with van der Waals surface area (Å²) in [7, 11) is 0. The molecule has 1 aliphatic rings. The number of aryl methyl sites for hydroxylation is 2. The van der Waals surface area contributed by atoms with Crippen LogP contribution in [0.2, 0.25) is 0 Å². The van der Waals surface area contributed by atoms with E-state index in [-0.39, 0.29) is 18.2 Å². The predicted octanol–water partition coefficient (Wildman–Crippen LogP) is 9.28. The van der Waals surface area contributed by atoms with Gasteiger partial charge in [-0.1, -0.05) is 130 Å². The third-order valence-corrected chi connectivity index (χ3v) is 6.29. The highest BCUT2D eigenvalue weighted by Crippen LogP contribution is 2.27. The molecule has 5 heteroatoms. The normalized spacial score (nSPS) is 12.5. The van der Waals surface area contributed by atoms with Gasteiger partial charge in [0.1, 0.15) is 0 Å². The lowest BCUT2D eigenvalue weighted by Crippen LogP contribution is -2.09. The van der Waals surface area contributed by atoms with Gasteiger partial charge in [0.05, 0.1) is 0 Å². The first-order valence-electron chi connectivity index (χ1n) is 14.4. The molecule has 0 bridgehead atoms. The second-order valence-corrected chi connectivity index (χ2v) is 9.54. The molecule has 1 atom stereocenters. The van der Waals surface area contributed by atoms with Gasteiger partial charge >= 0.3 is 0 Å². The number of carboxylic acids is 1. The SMILES string of the molecule is CC.CC(=O)O.CCC(C(=O)/C=C/C1CCCC1)c1cccc(C)c1.Cc1ccc(-c2ccccc2)cc1.O=CO. The Morgan fingerprint density at radius 1 is 0.854 bits per heavy atom. The number of hydrogen-bond donors (Lipinski definition) is 2. The fourth-order valence-corrected chi connectivity index (χ4v) is 4.36. The standard InChI is InChI=1S/C18H24O.C13H12.C2H4O2.C2H6.CH2O2/c1-3-17(16-10-6-7-14(2)13-16)18(19)12-11-15-8-4-5-9-15;1-11-7-9-13(10-8-11)12-5-3-2-4-6-12;1-2(3)4;1-2;2-1-3/h6-7,10-13,15,17H,3-5,8-9H2,1-2H3;2-10H,1H3;1H3,(H,3,4);1-2H3;1H,(H,2,3)/b12-11+;;;;. The van der Waals surface area contributed by atoms with E-state index >= 15 is 0 Å². The van der Waals surface area contributed by atoms with E-state index in [9.17, 15) is 4.79 Å². The molecular formula is C36H48O5. The molecule has 2 N–H and O–H groups in total. The summed E-state index contributed by atoms with van der Waals surface area (Å²) in [6, 6.07) is 27.4. The van der Waals surface area contributed by atoms with Gasteiger partial charge < -0.3 is 10.2 Å². The molecule has 1 aliphatic carbocycles. The van der Waals surface area contributed by atoms with E-state index in [0.29, 0.717) is 5.92 Å². The topological polar surface area (TPSA) is 91.7 Å². The molecule has 1 unspecified atom stereocenters. The Bertz CT molecular complexity index is 1140. The highest BCUT2D eigenvalue weighted by molar-refractivity contribution is 5.95. The minimum Gasteiger partial charge on any atom is -0.483 e. The van der Waals surface area contributed by atoms with Crippen LogP contribution in [0.25, 0.3) is 11.1 Å². The molecule has 0 heterocycles. The van der Waals surface area contributed by atoms with Crippen LogP contribution >= 0.6 is 0 Å². The van der Waals surface area contributed by atoms with Crippen molar-refractivity contribution in [3.8, 4) is 11.1 Å². The van der Waals surface area contributed by atoms with E-state index in [1.807, 2.05) is 32.1 Å². The van der Waals surface area contributed by atoms with Crippen molar-refractivity contribution >= 4 is 18.2 Å². The van der Waals surface area contributed by atoms with Gasteiger partial charge in [0.25, 0.3) is 12.4 Å². The Morgan fingerprint density at radius 3 is 1.85 bits per heavy atom. The molecule has 1 fully saturated rings. The average Bonchev–Trinajstić information content (AvgIpc) is 3.49. The average molecular weight is 561 g/mol. The highest BCUT2D eigenvalue weighted by Gasteiger charge is 2.17. The predicted molar refractivity (Wildman–Crippen MR) is 170 cm³/mol. The second-order valence-electron chi connectivity index (χ2n) is 9.54. The molecule has 41 heavy (non-hydrogen) atoms. The van der Waals surface area contributed by atoms with Crippen LogP contribution in [0, 0.1) is 19.8 Å². The summed E-state index contributed by atoms with van der Waals surface area (Å²) < 4.78 is 0. The molecule has 0 amide bonds. The van der Waals surface area contributed by atoms with E-state index in [0.717, 1.165) is 18.9 Å². The third kappa shape index (κ3) is 16.7. The van der Waals surface area contributed by atoms with Crippen LogP contribution in [0.4, 0.5) is 0 Å². The molecule has 0 spiro atoms. The van der Waals surface area contributed by atoms with Crippen LogP contribution in [-0.2, 0) is 14.4 Å². The zero-order valence-corrected chi connectivity index (χ0v) is 25.5. The minimum atomic E-state index is -0.833. The Morgan fingerprint density at radius 2 is 1.37 bits per heavy atom. The number of rotatable bonds is 6. The first-order chi connectivity index (χ1) is 19.7. The maximum atomic E-state index is 12.4. The van der Waals surface area contributed by atoms with Gasteiger partial charge in [-0.25, -0.2) is 0 Å². The summed E-state index contributed by atoms with van der Waals surface area (Å²) in [5.74, 6) is 0.0940. The quantitative estimate of drug-likeness (QED) is 0.231. The van der Waals surface area contributed by atoms with Gasteiger partial charge in [0, 0.05) is 12.8 Å². The molecule has 222 valence electrons. The van der Waals surface area contributed by atoms with E-state index < -0.39 is 5.97 Å². The smallest absolute Gasteiger partial charge is 0.300 e. The first kappa shape index (κ1) is 37.0. The van der Waals surface area contributed by atoms with E-state index in [1.165, 1.54) is 47.9 Å². The third-order valence-electron chi connectivity index (χ3n) is 6.29. The van der Waals surface area contributed by atoms with E-state index in [4.69, 9.17) is 19.8 Å². The van der Waals surface area contributed by atoms with Crippen molar-refractivity contribution in [1.82, 2.24) is 0 Å². The summed E-state index contributed by atoms with van der Waals surface area (Å²) in [4.78, 5) is 29.7. The van der Waals surface area contributed by atoms with E-state index in [1.54, 1.807) is 0 Å². The van der Waals surface area contributed by atoms with Gasteiger partial charge in [-0.3, -0.25) is 14.4 Å². The number of aliphatic carboxylic acids is 1. The molecule has 0 radical (unpaired) electrons. The highest BCUT2D eigenvalue weighted by atomic mass is 16.4. The van der Waals surface area contributed by atoms with Crippen molar-refractivity contribution in [2.45, 2.75) is 79.6 Å². The lowest BCUT2D eigenvalue weighted by Gasteiger charge is -2.13. The summed E-state index contributed by atoms with van der Waals surface area (Å²) >= 11 is 0. The lowest BCUT2D eigenvalue weighted by atomic mass is 9.90. The fourth-order valence-electron chi connectivity index (χ4n) is 4.36. The summed E-state index contributed by atoms with van der Waals surface area (Å²) in [5.41, 5.74) is 6.25. The second kappa shape index (κ2) is 22.8. The van der Waals surface area contributed by atoms with Crippen LogP contribution in [0.3, 0.4) is 0 Å². The van der Waals surface area contributed by atoms with Crippen molar-refractivity contribution in [2.24, 2.45) is 5.92 Å². The van der Waals surface area contributed by atoms with Gasteiger partial charge in [-0.05, 0) is 61.8 Å².